The van der Waals surface area contributed by atoms with Crippen molar-refractivity contribution in [3.63, 3.8) is 0 Å². The van der Waals surface area contributed by atoms with Gasteiger partial charge in [-0.2, -0.15) is 0 Å². The Morgan fingerprint density at radius 2 is 1.50 bits per heavy atom. The van der Waals surface area contributed by atoms with Crippen LogP contribution in [0.4, 0.5) is 0 Å². The number of aromatic nitrogens is 1. The zero-order chi connectivity index (χ0) is 13.7. The lowest BCUT2D eigenvalue weighted by molar-refractivity contribution is 0.764. The number of para-hydroxylation sites is 1. The lowest BCUT2D eigenvalue weighted by Gasteiger charge is -2.15. The van der Waals surface area contributed by atoms with E-state index in [4.69, 9.17) is 4.98 Å². The average Bonchev–Trinajstić information content (AvgIpc) is 2.39. The molecule has 0 fully saturated rings. The fraction of sp³-hybridized carbons (Fsp3) is 0.471. The van der Waals surface area contributed by atoms with Gasteiger partial charge < -0.3 is 0 Å². The summed E-state index contributed by atoms with van der Waals surface area (Å²) in [5.41, 5.74) is 3.73. The van der Waals surface area contributed by atoms with E-state index in [-0.39, 0.29) is 0 Å². The van der Waals surface area contributed by atoms with Crippen LogP contribution in [-0.4, -0.2) is 4.98 Å². The van der Waals surface area contributed by atoms with Gasteiger partial charge >= 0.3 is 0 Å². The summed E-state index contributed by atoms with van der Waals surface area (Å²) in [7, 11) is 0. The first-order chi connectivity index (χ1) is 8.59. The first kappa shape index (κ1) is 14.7. The highest BCUT2D eigenvalue weighted by Crippen LogP contribution is 2.27. The zero-order valence-corrected chi connectivity index (χ0v) is 12.5. The Bertz CT molecular complexity index is 451. The number of pyridine rings is 1. The maximum atomic E-state index is 4.80. The first-order valence-corrected chi connectivity index (χ1v) is 6.99. The van der Waals surface area contributed by atoms with Gasteiger partial charge in [0.05, 0.1) is 5.52 Å². The van der Waals surface area contributed by atoms with Crippen LogP contribution >= 0.6 is 0 Å². The maximum Gasteiger partial charge on any atom is 0.0705 e. The second-order valence-electron chi connectivity index (χ2n) is 4.96. The van der Waals surface area contributed by atoms with Crippen LogP contribution in [0.1, 0.15) is 64.6 Å². The van der Waals surface area contributed by atoms with Gasteiger partial charge in [0.25, 0.3) is 0 Å². The van der Waals surface area contributed by atoms with Crippen molar-refractivity contribution < 1.29 is 0 Å². The molecule has 98 valence electrons. The lowest BCUT2D eigenvalue weighted by Crippen LogP contribution is -2.02. The Morgan fingerprint density at radius 3 is 2.06 bits per heavy atom. The quantitative estimate of drug-likeness (QED) is 0.678. The largest absolute Gasteiger partial charge is 0.252 e. The monoisotopic (exact) mass is 243 g/mol. The molecule has 0 unspecified atom stereocenters. The molecule has 18 heavy (non-hydrogen) atoms. The van der Waals surface area contributed by atoms with Crippen LogP contribution in [0.2, 0.25) is 0 Å². The molecule has 0 aliphatic carbocycles. The average molecular weight is 243 g/mol. The molecule has 2 aromatic rings. The van der Waals surface area contributed by atoms with E-state index in [1.54, 1.807) is 0 Å². The molecule has 0 amide bonds. The molecule has 1 heteroatoms. The van der Waals surface area contributed by atoms with Crippen molar-refractivity contribution in [2.75, 3.05) is 0 Å². The minimum Gasteiger partial charge on any atom is -0.252 e. The second kappa shape index (κ2) is 6.53. The van der Waals surface area contributed by atoms with Crippen molar-refractivity contribution in [2.24, 2.45) is 0 Å². The SMILES string of the molecule is CC.CC(C)c1cc2ccccc2nc1C(C)C. The molecule has 1 heterocycles. The van der Waals surface area contributed by atoms with Crippen molar-refractivity contribution in [3.8, 4) is 0 Å². The number of rotatable bonds is 2. The topological polar surface area (TPSA) is 12.9 Å². The highest BCUT2D eigenvalue weighted by atomic mass is 14.7. The van der Waals surface area contributed by atoms with E-state index >= 15 is 0 Å². The molecule has 0 spiro atoms. The Hall–Kier alpha value is -1.37. The molecule has 0 radical (unpaired) electrons. The second-order valence-corrected chi connectivity index (χ2v) is 4.96. The van der Waals surface area contributed by atoms with E-state index in [0.29, 0.717) is 11.8 Å². The van der Waals surface area contributed by atoms with Crippen molar-refractivity contribution in [3.05, 3.63) is 41.6 Å². The van der Waals surface area contributed by atoms with Crippen molar-refractivity contribution in [2.45, 2.75) is 53.4 Å². The zero-order valence-electron chi connectivity index (χ0n) is 12.5. The van der Waals surface area contributed by atoms with Crippen LogP contribution in [0.5, 0.6) is 0 Å². The molecule has 0 N–H and O–H groups in total. The van der Waals surface area contributed by atoms with E-state index in [0.717, 1.165) is 5.52 Å². The van der Waals surface area contributed by atoms with Crippen LogP contribution < -0.4 is 0 Å². The summed E-state index contributed by atoms with van der Waals surface area (Å²) >= 11 is 0. The molecule has 0 aliphatic heterocycles. The van der Waals surface area contributed by atoms with Gasteiger partial charge in [0.2, 0.25) is 0 Å². The fourth-order valence-electron chi connectivity index (χ4n) is 2.07. The van der Waals surface area contributed by atoms with Gasteiger partial charge in [0.15, 0.2) is 0 Å². The highest BCUT2D eigenvalue weighted by Gasteiger charge is 2.12. The molecular weight excluding hydrogens is 218 g/mol. The summed E-state index contributed by atoms with van der Waals surface area (Å²) in [5.74, 6) is 1.02. The standard InChI is InChI=1S/C15H19N.C2H6/c1-10(2)13-9-12-7-5-6-8-14(12)16-15(13)11(3)4;1-2/h5-11H,1-4H3;1-2H3. The Kier molecular flexibility index (Phi) is 5.33. The number of hydrogen-bond acceptors (Lipinski definition) is 1. The maximum absolute atomic E-state index is 4.80. The summed E-state index contributed by atoms with van der Waals surface area (Å²) in [6.45, 7) is 12.9. The Labute approximate surface area is 111 Å². The van der Waals surface area contributed by atoms with E-state index in [9.17, 15) is 0 Å². The first-order valence-electron chi connectivity index (χ1n) is 6.99. The van der Waals surface area contributed by atoms with E-state index in [1.807, 2.05) is 13.8 Å². The fourth-order valence-corrected chi connectivity index (χ4v) is 2.07. The number of fused-ring (bicyclic) bond motifs is 1. The summed E-state index contributed by atoms with van der Waals surface area (Å²) in [6.07, 6.45) is 0. The predicted octanol–water partition coefficient (Wildman–Crippen LogP) is 5.51. The third-order valence-electron chi connectivity index (χ3n) is 2.95. The Morgan fingerprint density at radius 1 is 0.889 bits per heavy atom. The molecule has 0 aliphatic rings. The van der Waals surface area contributed by atoms with Crippen molar-refractivity contribution in [1.29, 1.82) is 0 Å². The van der Waals surface area contributed by atoms with E-state index < -0.39 is 0 Å². The van der Waals surface area contributed by atoms with Gasteiger partial charge in [0, 0.05) is 11.1 Å². The highest BCUT2D eigenvalue weighted by molar-refractivity contribution is 5.79. The minimum atomic E-state index is 0.488. The normalized spacial score (nSPS) is 10.7. The van der Waals surface area contributed by atoms with Crippen molar-refractivity contribution in [1.82, 2.24) is 4.98 Å². The summed E-state index contributed by atoms with van der Waals surface area (Å²) in [4.78, 5) is 4.80. The van der Waals surface area contributed by atoms with E-state index in [1.165, 1.54) is 16.6 Å². The van der Waals surface area contributed by atoms with Crippen LogP contribution in [0, 0.1) is 0 Å². The number of nitrogens with zero attached hydrogens (tertiary/aromatic N) is 1. The molecule has 0 atom stereocenters. The molecule has 2 rings (SSSR count). The molecule has 1 nitrogen and oxygen atoms in total. The third kappa shape index (κ3) is 3.10. The summed E-state index contributed by atoms with van der Waals surface area (Å²) < 4.78 is 0. The summed E-state index contributed by atoms with van der Waals surface area (Å²) in [5, 5.41) is 1.25. The van der Waals surface area contributed by atoms with Gasteiger partial charge in [-0.05, 0) is 29.5 Å². The molecule has 1 aromatic heterocycles. The number of benzene rings is 1. The number of hydrogen-bond donors (Lipinski definition) is 0. The van der Waals surface area contributed by atoms with Gasteiger partial charge in [-0.3, -0.25) is 4.98 Å². The van der Waals surface area contributed by atoms with Gasteiger partial charge in [0.1, 0.15) is 0 Å². The van der Waals surface area contributed by atoms with E-state index in [2.05, 4.69) is 58.0 Å². The smallest absolute Gasteiger partial charge is 0.0705 e. The van der Waals surface area contributed by atoms with Crippen LogP contribution in [0.25, 0.3) is 10.9 Å². The molecule has 0 bridgehead atoms. The summed E-state index contributed by atoms with van der Waals surface area (Å²) in [6, 6.07) is 10.6. The predicted molar refractivity (Wildman–Crippen MR) is 81.3 cm³/mol. The van der Waals surface area contributed by atoms with Crippen LogP contribution in [0.15, 0.2) is 30.3 Å². The van der Waals surface area contributed by atoms with Crippen LogP contribution in [0.3, 0.4) is 0 Å². The molecule has 1 aromatic carbocycles. The van der Waals surface area contributed by atoms with Crippen molar-refractivity contribution >= 4 is 10.9 Å². The molecule has 0 saturated heterocycles. The van der Waals surface area contributed by atoms with Gasteiger partial charge in [-0.25, -0.2) is 0 Å². The van der Waals surface area contributed by atoms with Gasteiger partial charge in [-0.1, -0.05) is 59.7 Å². The lowest BCUT2D eigenvalue weighted by atomic mass is 9.94. The molecular formula is C17H25N. The third-order valence-corrected chi connectivity index (χ3v) is 2.95. The Balaban J connectivity index is 0.000000771. The van der Waals surface area contributed by atoms with Gasteiger partial charge in [-0.15, -0.1) is 0 Å². The molecule has 0 saturated carbocycles. The minimum absolute atomic E-state index is 0.488. The van der Waals surface area contributed by atoms with Crippen LogP contribution in [-0.2, 0) is 0 Å².